The molecule has 3 rings (SSSR count). The van der Waals surface area contributed by atoms with E-state index < -0.39 is 15.4 Å². The molecular weight excluding hydrogens is 384 g/mol. The van der Waals surface area contributed by atoms with Crippen LogP contribution < -0.4 is 5.01 Å². The van der Waals surface area contributed by atoms with Crippen LogP contribution in [-0.2, 0) is 16.5 Å². The molecule has 1 heterocycles. The van der Waals surface area contributed by atoms with Crippen LogP contribution in [0.3, 0.4) is 0 Å². The second-order valence-electron chi connectivity index (χ2n) is 6.77. The average Bonchev–Trinajstić information content (AvgIpc) is 3.12. The first kappa shape index (κ1) is 19.9. The predicted octanol–water partition coefficient (Wildman–Crippen LogP) is 4.55. The lowest BCUT2D eigenvalue weighted by Gasteiger charge is -2.18. The van der Waals surface area contributed by atoms with Gasteiger partial charge in [0.25, 0.3) is 10.1 Å². The van der Waals surface area contributed by atoms with Crippen LogP contribution in [0.15, 0.2) is 53.6 Å². The van der Waals surface area contributed by atoms with Crippen molar-refractivity contribution >= 4 is 33.1 Å². The summed E-state index contributed by atoms with van der Waals surface area (Å²) in [6, 6.07) is 15.7. The molecule has 1 aliphatic heterocycles. The Labute approximate surface area is 165 Å². The largest absolute Gasteiger partial charge is 0.285 e. The molecule has 2 aromatic rings. The molecule has 5 nitrogen and oxygen atoms in total. The predicted molar refractivity (Wildman–Crippen MR) is 110 cm³/mol. The topological polar surface area (TPSA) is 70.0 Å². The lowest BCUT2D eigenvalue weighted by atomic mass is 10.0. The van der Waals surface area contributed by atoms with Crippen molar-refractivity contribution in [2.24, 2.45) is 5.10 Å². The fraction of sp³-hybridized carbons (Fsp3) is 0.350. The van der Waals surface area contributed by atoms with E-state index in [0.717, 1.165) is 41.9 Å². The molecule has 0 bridgehead atoms. The molecule has 0 spiro atoms. The molecule has 2 aromatic carbocycles. The summed E-state index contributed by atoms with van der Waals surface area (Å²) in [4.78, 5) is 0. The van der Waals surface area contributed by atoms with Crippen molar-refractivity contribution in [1.82, 2.24) is 0 Å². The molecule has 0 saturated heterocycles. The number of benzene rings is 2. The highest BCUT2D eigenvalue weighted by molar-refractivity contribution is 7.86. The summed E-state index contributed by atoms with van der Waals surface area (Å²) in [5, 5.41) is 6.74. The summed E-state index contributed by atoms with van der Waals surface area (Å²) in [5.74, 6) is 0. The van der Waals surface area contributed by atoms with E-state index in [1.54, 1.807) is 0 Å². The number of hydrogen-bond donors (Lipinski definition) is 1. The van der Waals surface area contributed by atoms with E-state index >= 15 is 0 Å². The van der Waals surface area contributed by atoms with Gasteiger partial charge in [0.05, 0.1) is 16.6 Å². The summed E-state index contributed by atoms with van der Waals surface area (Å²) in [6.07, 6.45) is 2.69. The van der Waals surface area contributed by atoms with Crippen LogP contribution in [0, 0.1) is 0 Å². The van der Waals surface area contributed by atoms with E-state index in [4.69, 9.17) is 21.3 Å². The van der Waals surface area contributed by atoms with Crippen LogP contribution in [0.4, 0.5) is 5.69 Å². The van der Waals surface area contributed by atoms with Gasteiger partial charge in [0.15, 0.2) is 0 Å². The Morgan fingerprint density at radius 2 is 1.89 bits per heavy atom. The van der Waals surface area contributed by atoms with E-state index in [2.05, 4.69) is 0 Å². The van der Waals surface area contributed by atoms with E-state index in [-0.39, 0.29) is 0 Å². The molecule has 7 heteroatoms. The summed E-state index contributed by atoms with van der Waals surface area (Å²) >= 11 is 5.96. The monoisotopic (exact) mass is 406 g/mol. The Hall–Kier alpha value is -1.89. The van der Waals surface area contributed by atoms with E-state index in [0.29, 0.717) is 17.9 Å². The van der Waals surface area contributed by atoms with Crippen molar-refractivity contribution in [1.29, 1.82) is 0 Å². The number of halogens is 1. The first-order chi connectivity index (χ1) is 12.8. The van der Waals surface area contributed by atoms with Gasteiger partial charge in [-0.1, -0.05) is 41.9 Å². The highest BCUT2D eigenvalue weighted by Gasteiger charge is 2.20. The number of rotatable bonds is 7. The van der Waals surface area contributed by atoms with Gasteiger partial charge in [-0.25, -0.2) is 0 Å². The smallest absolute Gasteiger partial charge is 0.267 e. The molecule has 144 valence electrons. The van der Waals surface area contributed by atoms with Crippen LogP contribution in [0.1, 0.15) is 37.3 Å². The molecule has 0 saturated carbocycles. The van der Waals surface area contributed by atoms with Gasteiger partial charge < -0.3 is 0 Å². The number of para-hydroxylation sites is 1. The SMILES string of the molecule is CC(CCCc1ccccc1N1CCC(c2ccc(Cl)cc2)=N1)S(=O)(=O)O. The van der Waals surface area contributed by atoms with Crippen molar-refractivity contribution in [3.05, 3.63) is 64.7 Å². The number of nitrogens with zero attached hydrogens (tertiary/aromatic N) is 2. The number of hydrazone groups is 1. The third kappa shape index (κ3) is 5.09. The van der Waals surface area contributed by atoms with Gasteiger partial charge >= 0.3 is 0 Å². The Bertz CT molecular complexity index is 926. The Morgan fingerprint density at radius 3 is 2.59 bits per heavy atom. The minimum Gasteiger partial charge on any atom is -0.285 e. The van der Waals surface area contributed by atoms with Gasteiger partial charge in [0.2, 0.25) is 0 Å². The van der Waals surface area contributed by atoms with Crippen molar-refractivity contribution in [2.45, 2.75) is 37.9 Å². The van der Waals surface area contributed by atoms with Crippen molar-refractivity contribution in [3.8, 4) is 0 Å². The van der Waals surface area contributed by atoms with Crippen molar-refractivity contribution in [3.63, 3.8) is 0 Å². The van der Waals surface area contributed by atoms with Gasteiger partial charge in [-0.2, -0.15) is 13.5 Å². The summed E-state index contributed by atoms with van der Waals surface area (Å²) in [7, 11) is -3.97. The molecule has 0 amide bonds. The highest BCUT2D eigenvalue weighted by atomic mass is 35.5. The molecule has 1 atom stereocenters. The fourth-order valence-corrected chi connectivity index (χ4v) is 3.77. The summed E-state index contributed by atoms with van der Waals surface area (Å²) in [6.45, 7) is 2.33. The zero-order chi connectivity index (χ0) is 19.4. The normalized spacial score (nSPS) is 15.7. The van der Waals surface area contributed by atoms with Gasteiger partial charge in [0.1, 0.15) is 0 Å². The van der Waals surface area contributed by atoms with Crippen LogP contribution in [0.5, 0.6) is 0 Å². The van der Waals surface area contributed by atoms with Crippen molar-refractivity contribution in [2.75, 3.05) is 11.6 Å². The number of hydrogen-bond acceptors (Lipinski definition) is 4. The third-order valence-electron chi connectivity index (χ3n) is 4.81. The average molecular weight is 407 g/mol. The first-order valence-corrected chi connectivity index (χ1v) is 10.9. The van der Waals surface area contributed by atoms with Gasteiger partial charge in [-0.3, -0.25) is 9.56 Å². The summed E-state index contributed by atoms with van der Waals surface area (Å²) < 4.78 is 31.4. The molecule has 1 N–H and O–H groups in total. The maximum absolute atomic E-state index is 11.2. The lowest BCUT2D eigenvalue weighted by Crippen LogP contribution is -2.17. The maximum Gasteiger partial charge on any atom is 0.267 e. The standard InChI is InChI=1S/C20H23ClN2O3S/c1-15(27(24,25)26)5-4-7-17-6-2-3-8-20(17)23-14-13-19(22-23)16-9-11-18(21)12-10-16/h2-3,6,8-12,15H,4-5,7,13-14H2,1H3,(H,24,25,26). The first-order valence-electron chi connectivity index (χ1n) is 9.00. The van der Waals surface area contributed by atoms with Crippen LogP contribution in [-0.4, -0.2) is 30.5 Å². The van der Waals surface area contributed by atoms with Crippen molar-refractivity contribution < 1.29 is 13.0 Å². The minimum absolute atomic E-state index is 0.423. The second-order valence-corrected chi connectivity index (χ2v) is 9.04. The molecular formula is C20H23ClN2O3S. The molecule has 1 aliphatic rings. The molecule has 0 aromatic heterocycles. The maximum atomic E-state index is 11.2. The Balaban J connectivity index is 1.71. The molecule has 1 unspecified atom stereocenters. The van der Waals surface area contributed by atoms with Crippen LogP contribution >= 0.6 is 11.6 Å². The Morgan fingerprint density at radius 1 is 1.19 bits per heavy atom. The minimum atomic E-state index is -3.97. The van der Waals surface area contributed by atoms with Gasteiger partial charge in [0, 0.05) is 18.0 Å². The number of aryl methyl sites for hydroxylation is 1. The van der Waals surface area contributed by atoms with E-state index in [1.165, 1.54) is 6.92 Å². The molecule has 0 aliphatic carbocycles. The van der Waals surface area contributed by atoms with E-state index in [1.807, 2.05) is 53.5 Å². The number of anilines is 1. The van der Waals surface area contributed by atoms with Crippen LogP contribution in [0.2, 0.25) is 5.02 Å². The summed E-state index contributed by atoms with van der Waals surface area (Å²) in [5.41, 5.74) is 4.27. The highest BCUT2D eigenvalue weighted by Crippen LogP contribution is 2.27. The molecule has 0 radical (unpaired) electrons. The Kier molecular flexibility index (Phi) is 6.19. The zero-order valence-electron chi connectivity index (χ0n) is 15.2. The third-order valence-corrected chi connectivity index (χ3v) is 6.32. The van der Waals surface area contributed by atoms with Crippen LogP contribution in [0.25, 0.3) is 0 Å². The zero-order valence-corrected chi connectivity index (χ0v) is 16.7. The lowest BCUT2D eigenvalue weighted by molar-refractivity contribution is 0.464. The second kappa shape index (κ2) is 8.42. The van der Waals surface area contributed by atoms with Gasteiger partial charge in [-0.05, 0) is 55.5 Å². The molecule has 0 fully saturated rings. The van der Waals surface area contributed by atoms with Gasteiger partial charge in [-0.15, -0.1) is 0 Å². The quantitative estimate of drug-likeness (QED) is 0.684. The van der Waals surface area contributed by atoms with E-state index in [9.17, 15) is 8.42 Å². The fourth-order valence-electron chi connectivity index (χ4n) is 3.18. The molecule has 27 heavy (non-hydrogen) atoms.